The van der Waals surface area contributed by atoms with Crippen LogP contribution in [-0.4, -0.2) is 36.1 Å². The Morgan fingerprint density at radius 1 is 1.45 bits per heavy atom. The Morgan fingerprint density at radius 2 is 2.25 bits per heavy atom. The second-order valence-electron chi connectivity index (χ2n) is 5.26. The molecule has 108 valence electrons. The molecule has 1 heterocycles. The molecule has 2 aliphatic rings. The third-order valence-electron chi connectivity index (χ3n) is 4.06. The number of hydrogen-bond acceptors (Lipinski definition) is 3. The van der Waals surface area contributed by atoms with E-state index in [1.165, 1.54) is 12.1 Å². The molecule has 1 saturated heterocycles. The average Bonchev–Trinajstić information content (AvgIpc) is 2.90. The Hall–Kier alpha value is -1.14. The molecule has 6 heteroatoms. The summed E-state index contributed by atoms with van der Waals surface area (Å²) in [5.74, 6) is -0.627. The van der Waals surface area contributed by atoms with Gasteiger partial charge in [-0.1, -0.05) is 0 Å². The molecule has 2 atom stereocenters. The van der Waals surface area contributed by atoms with Gasteiger partial charge in [0.15, 0.2) is 0 Å². The molecule has 1 saturated carbocycles. The maximum atomic E-state index is 13.4. The fraction of sp³-hybridized carbons (Fsp3) is 0.500. The molecule has 2 N–H and O–H groups in total. The number of rotatable bonds is 1. The van der Waals surface area contributed by atoms with Crippen LogP contribution in [0.25, 0.3) is 0 Å². The van der Waals surface area contributed by atoms with E-state index in [1.54, 1.807) is 0 Å². The summed E-state index contributed by atoms with van der Waals surface area (Å²) in [4.78, 5) is 14.5. The lowest BCUT2D eigenvalue weighted by atomic mass is 10.1. The molecule has 0 bridgehead atoms. The molecule has 1 aliphatic heterocycles. The summed E-state index contributed by atoms with van der Waals surface area (Å²) < 4.78 is 19.5. The number of halogens is 2. The summed E-state index contributed by atoms with van der Waals surface area (Å²) >= 11 is 3.25. The van der Waals surface area contributed by atoms with Crippen LogP contribution < -0.4 is 5.73 Å². The van der Waals surface area contributed by atoms with Gasteiger partial charge in [0.1, 0.15) is 5.82 Å². The van der Waals surface area contributed by atoms with E-state index in [4.69, 9.17) is 10.5 Å². The molecule has 4 nitrogen and oxygen atoms in total. The van der Waals surface area contributed by atoms with Crippen LogP contribution in [0.1, 0.15) is 29.6 Å². The Labute approximate surface area is 125 Å². The van der Waals surface area contributed by atoms with Gasteiger partial charge in [-0.15, -0.1) is 0 Å². The van der Waals surface area contributed by atoms with E-state index in [-0.39, 0.29) is 23.7 Å². The summed E-state index contributed by atoms with van der Waals surface area (Å²) in [5.41, 5.74) is 5.98. The number of carbonyl (C=O) groups is 1. The molecule has 0 radical (unpaired) electrons. The highest BCUT2D eigenvalue weighted by atomic mass is 79.9. The van der Waals surface area contributed by atoms with Crippen LogP contribution in [0.5, 0.6) is 0 Å². The Bertz CT molecular complexity index is 552. The molecule has 3 rings (SSSR count). The van der Waals surface area contributed by atoms with Crippen LogP contribution in [0.15, 0.2) is 16.6 Å². The quantitative estimate of drug-likeness (QED) is 0.798. The van der Waals surface area contributed by atoms with Crippen molar-refractivity contribution < 1.29 is 13.9 Å². The van der Waals surface area contributed by atoms with Crippen molar-refractivity contribution in [2.45, 2.75) is 31.4 Å². The highest BCUT2D eigenvalue weighted by molar-refractivity contribution is 9.10. The van der Waals surface area contributed by atoms with E-state index in [0.717, 1.165) is 19.3 Å². The first-order chi connectivity index (χ1) is 9.58. The van der Waals surface area contributed by atoms with Gasteiger partial charge in [-0.25, -0.2) is 4.39 Å². The van der Waals surface area contributed by atoms with Gasteiger partial charge >= 0.3 is 0 Å². The van der Waals surface area contributed by atoms with Crippen LogP contribution in [0, 0.1) is 5.82 Å². The maximum absolute atomic E-state index is 13.4. The summed E-state index contributed by atoms with van der Waals surface area (Å²) in [7, 11) is 0. The fourth-order valence-electron chi connectivity index (χ4n) is 3.06. The maximum Gasteiger partial charge on any atom is 0.255 e. The summed E-state index contributed by atoms with van der Waals surface area (Å²) in [5, 5.41) is 0. The minimum atomic E-state index is -0.519. The van der Waals surface area contributed by atoms with E-state index in [2.05, 4.69) is 15.9 Å². The molecule has 1 amide bonds. The number of anilines is 1. The van der Waals surface area contributed by atoms with Gasteiger partial charge in [-0.3, -0.25) is 4.79 Å². The zero-order valence-corrected chi connectivity index (χ0v) is 12.5. The molecular formula is C14H16BrFN2O2. The number of nitrogens with two attached hydrogens (primary N) is 1. The zero-order chi connectivity index (χ0) is 14.3. The van der Waals surface area contributed by atoms with Crippen LogP contribution in [0.3, 0.4) is 0 Å². The van der Waals surface area contributed by atoms with E-state index in [1.807, 2.05) is 4.90 Å². The summed E-state index contributed by atoms with van der Waals surface area (Å²) in [6.45, 7) is 1.13. The molecule has 2 fully saturated rings. The van der Waals surface area contributed by atoms with Crippen molar-refractivity contribution in [3.05, 3.63) is 28.0 Å². The third-order valence-corrected chi connectivity index (χ3v) is 4.72. The summed E-state index contributed by atoms with van der Waals surface area (Å²) in [6, 6.07) is 2.78. The average molecular weight is 343 g/mol. The highest BCUT2D eigenvalue weighted by Gasteiger charge is 2.39. The van der Waals surface area contributed by atoms with Crippen molar-refractivity contribution in [3.8, 4) is 0 Å². The second-order valence-corrected chi connectivity index (χ2v) is 6.11. The lowest BCUT2D eigenvalue weighted by Crippen LogP contribution is -2.51. The van der Waals surface area contributed by atoms with Crippen molar-refractivity contribution in [3.63, 3.8) is 0 Å². The van der Waals surface area contributed by atoms with E-state index >= 15 is 0 Å². The predicted molar refractivity (Wildman–Crippen MR) is 76.9 cm³/mol. The van der Waals surface area contributed by atoms with Crippen molar-refractivity contribution in [2.24, 2.45) is 0 Å². The number of carbonyl (C=O) groups excluding carboxylic acids is 1. The molecule has 1 aliphatic carbocycles. The van der Waals surface area contributed by atoms with Gasteiger partial charge < -0.3 is 15.4 Å². The minimum Gasteiger partial charge on any atom is -0.396 e. The van der Waals surface area contributed by atoms with Crippen LogP contribution in [-0.2, 0) is 4.74 Å². The fourth-order valence-corrected chi connectivity index (χ4v) is 3.55. The lowest BCUT2D eigenvalue weighted by Gasteiger charge is -2.37. The number of nitrogen functional groups attached to an aromatic ring is 1. The largest absolute Gasteiger partial charge is 0.396 e. The topological polar surface area (TPSA) is 55.6 Å². The normalized spacial score (nSPS) is 25.6. The predicted octanol–water partition coefficient (Wildman–Crippen LogP) is 2.56. The SMILES string of the molecule is Nc1cc(C(=O)N2CCOC3CCCC32)c(Br)cc1F. The number of amides is 1. The van der Waals surface area contributed by atoms with Crippen LogP contribution in [0.2, 0.25) is 0 Å². The molecule has 1 aromatic carbocycles. The number of ether oxygens (including phenoxy) is 1. The second kappa shape index (κ2) is 5.33. The third kappa shape index (κ3) is 2.31. The molecule has 2 unspecified atom stereocenters. The number of benzene rings is 1. The number of hydrogen-bond donors (Lipinski definition) is 1. The van der Waals surface area contributed by atoms with Gasteiger partial charge in [0.2, 0.25) is 0 Å². The first-order valence-corrected chi connectivity index (χ1v) is 7.54. The van der Waals surface area contributed by atoms with Gasteiger partial charge in [-0.05, 0) is 47.3 Å². The van der Waals surface area contributed by atoms with Crippen LogP contribution in [0.4, 0.5) is 10.1 Å². The van der Waals surface area contributed by atoms with Crippen molar-refractivity contribution in [1.82, 2.24) is 4.90 Å². The van der Waals surface area contributed by atoms with Gasteiger partial charge in [0.05, 0.1) is 30.0 Å². The Kier molecular flexibility index (Phi) is 3.69. The number of fused-ring (bicyclic) bond motifs is 1. The Morgan fingerprint density at radius 3 is 3.05 bits per heavy atom. The van der Waals surface area contributed by atoms with Crippen molar-refractivity contribution >= 4 is 27.5 Å². The molecule has 0 aromatic heterocycles. The first kappa shape index (κ1) is 13.8. The van der Waals surface area contributed by atoms with Crippen LogP contribution >= 0.6 is 15.9 Å². The standard InChI is InChI=1S/C14H16BrFN2O2/c15-9-7-10(16)11(17)6-8(9)14(19)18-4-5-20-13-3-1-2-12(13)18/h6-7,12-13H,1-5,17H2. The first-order valence-electron chi connectivity index (χ1n) is 6.75. The molecular weight excluding hydrogens is 327 g/mol. The van der Waals surface area contributed by atoms with Gasteiger partial charge in [0.25, 0.3) is 5.91 Å². The van der Waals surface area contributed by atoms with Gasteiger partial charge in [0, 0.05) is 11.0 Å². The molecule has 20 heavy (non-hydrogen) atoms. The highest BCUT2D eigenvalue weighted by Crippen LogP contribution is 2.32. The molecule has 0 spiro atoms. The van der Waals surface area contributed by atoms with E-state index < -0.39 is 5.82 Å². The minimum absolute atomic E-state index is 0.00668. The van der Waals surface area contributed by atoms with E-state index in [9.17, 15) is 9.18 Å². The monoisotopic (exact) mass is 342 g/mol. The van der Waals surface area contributed by atoms with Crippen molar-refractivity contribution in [1.29, 1.82) is 0 Å². The smallest absolute Gasteiger partial charge is 0.255 e. The summed E-state index contributed by atoms with van der Waals surface area (Å²) in [6.07, 6.45) is 3.18. The number of nitrogens with zero attached hydrogens (tertiary/aromatic N) is 1. The zero-order valence-electron chi connectivity index (χ0n) is 10.9. The molecule has 1 aromatic rings. The lowest BCUT2D eigenvalue weighted by molar-refractivity contribution is -0.0445. The Balaban J connectivity index is 1.90. The van der Waals surface area contributed by atoms with E-state index in [0.29, 0.717) is 23.2 Å². The van der Waals surface area contributed by atoms with Gasteiger partial charge in [-0.2, -0.15) is 0 Å². The number of morpholine rings is 1. The van der Waals surface area contributed by atoms with Crippen molar-refractivity contribution in [2.75, 3.05) is 18.9 Å².